The number of amides is 2. The lowest BCUT2D eigenvalue weighted by molar-refractivity contribution is 0.246. The van der Waals surface area contributed by atoms with Crippen molar-refractivity contribution >= 4 is 28.7 Å². The average Bonchev–Trinajstić information content (AvgIpc) is 2.88. The monoisotopic (exact) mass is 472 g/mol. The Morgan fingerprint density at radius 1 is 1.00 bits per heavy atom. The minimum Gasteiger partial charge on any atom is -0.352 e. The molecule has 0 radical (unpaired) electrons. The van der Waals surface area contributed by atoms with Gasteiger partial charge in [-0.2, -0.15) is 0 Å². The van der Waals surface area contributed by atoms with Gasteiger partial charge in [-0.1, -0.05) is 42.5 Å². The highest BCUT2D eigenvalue weighted by molar-refractivity contribution is 5.89. The van der Waals surface area contributed by atoms with Crippen molar-refractivity contribution in [1.29, 1.82) is 0 Å². The number of pyridine rings is 1. The van der Waals surface area contributed by atoms with Crippen LogP contribution < -0.4 is 21.1 Å². The number of para-hydroxylation sites is 1. The van der Waals surface area contributed by atoms with Gasteiger partial charge in [0, 0.05) is 25.3 Å². The van der Waals surface area contributed by atoms with Gasteiger partial charge in [0.2, 0.25) is 0 Å². The van der Waals surface area contributed by atoms with Gasteiger partial charge in [0.15, 0.2) is 11.5 Å². The Kier molecular flexibility index (Phi) is 6.38. The Hall–Kier alpha value is -4.27. The van der Waals surface area contributed by atoms with Gasteiger partial charge in [-0.15, -0.1) is 0 Å². The van der Waals surface area contributed by atoms with Crippen molar-refractivity contribution in [3.8, 4) is 0 Å². The molecule has 9 heteroatoms. The number of fused-ring (bicyclic) bond motifs is 1. The predicted molar refractivity (Wildman–Crippen MR) is 133 cm³/mol. The van der Waals surface area contributed by atoms with Gasteiger partial charge < -0.3 is 15.5 Å². The molecule has 0 bridgehead atoms. The molecule has 3 heterocycles. The minimum absolute atomic E-state index is 0.0910. The molecule has 1 saturated heterocycles. The van der Waals surface area contributed by atoms with Crippen LogP contribution in [-0.2, 0) is 6.54 Å². The second kappa shape index (κ2) is 9.92. The van der Waals surface area contributed by atoms with Crippen LogP contribution in [-0.4, -0.2) is 39.7 Å². The van der Waals surface area contributed by atoms with Crippen molar-refractivity contribution in [1.82, 2.24) is 19.9 Å². The van der Waals surface area contributed by atoms with Crippen molar-refractivity contribution in [2.75, 3.05) is 23.3 Å². The summed E-state index contributed by atoms with van der Waals surface area (Å²) in [6.07, 6.45) is 2.93. The van der Waals surface area contributed by atoms with Crippen LogP contribution in [0.1, 0.15) is 18.4 Å². The maximum Gasteiger partial charge on any atom is 0.319 e. The molecule has 2 aromatic carbocycles. The van der Waals surface area contributed by atoms with Gasteiger partial charge in [-0.05, 0) is 42.7 Å². The minimum atomic E-state index is -0.485. The summed E-state index contributed by atoms with van der Waals surface area (Å²) >= 11 is 0. The highest BCUT2D eigenvalue weighted by Crippen LogP contribution is 2.19. The highest BCUT2D eigenvalue weighted by Gasteiger charge is 2.25. The molecule has 2 N–H and O–H groups in total. The van der Waals surface area contributed by atoms with E-state index in [0.29, 0.717) is 49.5 Å². The Labute approximate surface area is 201 Å². The largest absolute Gasteiger partial charge is 0.352 e. The number of benzene rings is 2. The molecule has 8 nitrogen and oxygen atoms in total. The fourth-order valence-corrected chi connectivity index (χ4v) is 4.32. The number of hydrogen-bond acceptors (Lipinski definition) is 5. The Balaban J connectivity index is 1.31. The lowest BCUT2D eigenvalue weighted by Gasteiger charge is -2.33. The lowest BCUT2D eigenvalue weighted by atomic mass is 10.1. The summed E-state index contributed by atoms with van der Waals surface area (Å²) in [7, 11) is 0. The summed E-state index contributed by atoms with van der Waals surface area (Å²) in [5.41, 5.74) is 2.15. The van der Waals surface area contributed by atoms with E-state index < -0.39 is 11.8 Å². The van der Waals surface area contributed by atoms with Gasteiger partial charge in [0.05, 0.1) is 12.2 Å². The Morgan fingerprint density at radius 2 is 1.74 bits per heavy atom. The number of urea groups is 1. The standard InChI is InChI=1S/C26H25FN6O2/c27-20-9-4-5-10-21(20)31-26(35)29-19-12-15-32(16-13-19)24-25(34)33(17-18-7-2-1-3-8-18)23-22(30-24)11-6-14-28-23/h1-11,14,19H,12-13,15-17H2,(H2,29,31,35). The molecule has 4 aromatic rings. The lowest BCUT2D eigenvalue weighted by Crippen LogP contribution is -2.47. The third kappa shape index (κ3) is 4.98. The number of carbonyl (C=O) groups excluding carboxylic acids is 1. The van der Waals surface area contributed by atoms with E-state index in [1.165, 1.54) is 12.1 Å². The predicted octanol–water partition coefficient (Wildman–Crippen LogP) is 3.77. The first-order chi connectivity index (χ1) is 17.1. The van der Waals surface area contributed by atoms with Crippen LogP contribution >= 0.6 is 0 Å². The van der Waals surface area contributed by atoms with Gasteiger partial charge in [-0.25, -0.2) is 19.2 Å². The Bertz CT molecular complexity index is 1400. The Morgan fingerprint density at radius 3 is 2.51 bits per heavy atom. The maximum atomic E-state index is 13.8. The van der Waals surface area contributed by atoms with Crippen LogP contribution in [0.5, 0.6) is 0 Å². The van der Waals surface area contributed by atoms with Crippen molar-refractivity contribution in [3.05, 3.63) is 94.7 Å². The number of carbonyl (C=O) groups is 1. The number of aromatic nitrogens is 3. The molecule has 0 saturated carbocycles. The molecule has 178 valence electrons. The van der Waals surface area contributed by atoms with Crippen molar-refractivity contribution in [2.45, 2.75) is 25.4 Å². The highest BCUT2D eigenvalue weighted by atomic mass is 19.1. The van der Waals surface area contributed by atoms with Gasteiger partial charge in [0.25, 0.3) is 5.56 Å². The number of halogens is 1. The van der Waals surface area contributed by atoms with Crippen molar-refractivity contribution in [3.63, 3.8) is 0 Å². The topological polar surface area (TPSA) is 92.2 Å². The SMILES string of the molecule is O=C(Nc1ccccc1F)NC1CCN(c2nc3cccnc3n(Cc3ccccc3)c2=O)CC1. The zero-order chi connectivity index (χ0) is 24.2. The van der Waals surface area contributed by atoms with Crippen LogP contribution in [0.3, 0.4) is 0 Å². The van der Waals surface area contributed by atoms with E-state index in [4.69, 9.17) is 0 Å². The number of nitrogens with zero attached hydrogens (tertiary/aromatic N) is 4. The molecule has 1 fully saturated rings. The second-order valence-corrected chi connectivity index (χ2v) is 8.50. The molecule has 2 aromatic heterocycles. The first-order valence-electron chi connectivity index (χ1n) is 11.5. The summed E-state index contributed by atoms with van der Waals surface area (Å²) in [6.45, 7) is 1.52. The third-order valence-electron chi connectivity index (χ3n) is 6.12. The molecule has 0 spiro atoms. The van der Waals surface area contributed by atoms with Crippen LogP contribution in [0.25, 0.3) is 11.2 Å². The normalized spacial score (nSPS) is 14.1. The number of anilines is 2. The summed E-state index contributed by atoms with van der Waals surface area (Å²) < 4.78 is 15.5. The fourth-order valence-electron chi connectivity index (χ4n) is 4.32. The van der Waals surface area contributed by atoms with Gasteiger partial charge >= 0.3 is 6.03 Å². The van der Waals surface area contributed by atoms with Crippen LogP contribution in [0.15, 0.2) is 77.7 Å². The van der Waals surface area contributed by atoms with Crippen LogP contribution in [0.4, 0.5) is 20.7 Å². The second-order valence-electron chi connectivity index (χ2n) is 8.50. The molecule has 35 heavy (non-hydrogen) atoms. The number of rotatable bonds is 5. The number of piperidine rings is 1. The van der Waals surface area contributed by atoms with Crippen LogP contribution in [0.2, 0.25) is 0 Å². The molecular formula is C26H25FN6O2. The zero-order valence-corrected chi connectivity index (χ0v) is 19.0. The first kappa shape index (κ1) is 22.5. The third-order valence-corrected chi connectivity index (χ3v) is 6.12. The summed E-state index contributed by atoms with van der Waals surface area (Å²) in [5.74, 6) is -0.100. The number of nitrogens with one attached hydrogen (secondary N) is 2. The van der Waals surface area contributed by atoms with Crippen molar-refractivity contribution < 1.29 is 9.18 Å². The quantitative estimate of drug-likeness (QED) is 0.461. The fraction of sp³-hybridized carbons (Fsp3) is 0.231. The van der Waals surface area contributed by atoms with E-state index in [9.17, 15) is 14.0 Å². The van der Waals surface area contributed by atoms with E-state index in [2.05, 4.69) is 20.6 Å². The van der Waals surface area contributed by atoms with Gasteiger partial charge in [0.1, 0.15) is 11.3 Å². The molecule has 0 atom stereocenters. The summed E-state index contributed by atoms with van der Waals surface area (Å²) in [4.78, 5) is 36.8. The van der Waals surface area contributed by atoms with Gasteiger partial charge in [-0.3, -0.25) is 9.36 Å². The van der Waals surface area contributed by atoms with E-state index in [1.54, 1.807) is 29.0 Å². The summed E-state index contributed by atoms with van der Waals surface area (Å²) in [5, 5.41) is 5.45. The molecule has 5 rings (SSSR count). The molecule has 2 amide bonds. The summed E-state index contributed by atoms with van der Waals surface area (Å²) in [6, 6.07) is 18.9. The van der Waals surface area contributed by atoms with E-state index in [0.717, 1.165) is 5.56 Å². The zero-order valence-electron chi connectivity index (χ0n) is 19.0. The van der Waals surface area contributed by atoms with E-state index in [-0.39, 0.29) is 17.3 Å². The molecule has 1 aliphatic heterocycles. The molecule has 0 aliphatic carbocycles. The molecule has 1 aliphatic rings. The van der Waals surface area contributed by atoms with E-state index in [1.807, 2.05) is 41.3 Å². The first-order valence-corrected chi connectivity index (χ1v) is 11.5. The van der Waals surface area contributed by atoms with Crippen molar-refractivity contribution in [2.24, 2.45) is 0 Å². The van der Waals surface area contributed by atoms with E-state index >= 15 is 0 Å². The maximum absolute atomic E-state index is 13.8. The molecular weight excluding hydrogens is 447 g/mol. The smallest absolute Gasteiger partial charge is 0.319 e. The van der Waals surface area contributed by atoms with Crippen LogP contribution in [0, 0.1) is 5.82 Å². The molecule has 0 unspecified atom stereocenters. The average molecular weight is 473 g/mol. The number of hydrogen-bond donors (Lipinski definition) is 2.